The van der Waals surface area contributed by atoms with Crippen molar-refractivity contribution in [2.24, 2.45) is 0 Å². The van der Waals surface area contributed by atoms with Crippen LogP contribution in [0.15, 0.2) is 56.8 Å². The first-order valence-electron chi connectivity index (χ1n) is 12.2. The maximum Gasteiger partial charge on any atom is 0.239 e. The Hall–Kier alpha value is -4.13. The van der Waals surface area contributed by atoms with Crippen LogP contribution >= 0.6 is 0 Å². The topological polar surface area (TPSA) is 109 Å². The number of ether oxygens (including phenoxy) is 2. The Balaban J connectivity index is 1.75. The lowest BCUT2D eigenvalue weighted by atomic mass is 9.89. The molecule has 1 aromatic heterocycles. The molecule has 2 aliphatic rings. The van der Waals surface area contributed by atoms with Crippen LogP contribution in [0, 0.1) is 0 Å². The third kappa shape index (κ3) is 4.35. The number of benzene rings is 2. The third-order valence-corrected chi connectivity index (χ3v) is 6.57. The van der Waals surface area contributed by atoms with E-state index in [1.807, 2.05) is 52.8 Å². The van der Waals surface area contributed by atoms with Gasteiger partial charge in [-0.2, -0.15) is 0 Å². The molecule has 0 amide bonds. The summed E-state index contributed by atoms with van der Waals surface area (Å²) in [5.74, 6) is -0.365. The van der Waals surface area contributed by atoms with Crippen molar-refractivity contribution in [2.45, 2.75) is 59.2 Å². The standard InChI is InChI=1S/C30H30O7/c1-15(2)7-6-8-16(3)11-21-23-19(12-17-9-10-30(4,5)37-27(17)25(23)33)28-29(36-21)26(34)24-20(32)13-18(31)14-22(24)35-28/h7,9-14,21,31-33H,6,8H2,1-5H3/t21-/m1/s1. The van der Waals surface area contributed by atoms with Crippen LogP contribution in [0.3, 0.4) is 0 Å². The highest BCUT2D eigenvalue weighted by atomic mass is 16.5. The molecule has 0 spiro atoms. The quantitative estimate of drug-likeness (QED) is 0.333. The lowest BCUT2D eigenvalue weighted by Gasteiger charge is -2.32. The zero-order chi connectivity index (χ0) is 26.6. The fourth-order valence-corrected chi connectivity index (χ4v) is 4.77. The fraction of sp³-hybridized carbons (Fsp3) is 0.300. The molecule has 0 unspecified atom stereocenters. The highest BCUT2D eigenvalue weighted by Gasteiger charge is 2.37. The van der Waals surface area contributed by atoms with Crippen molar-refractivity contribution in [3.05, 3.63) is 68.9 Å². The van der Waals surface area contributed by atoms with Gasteiger partial charge in [0.1, 0.15) is 34.2 Å². The average molecular weight is 503 g/mol. The van der Waals surface area contributed by atoms with Gasteiger partial charge in [0, 0.05) is 23.3 Å². The lowest BCUT2D eigenvalue weighted by molar-refractivity contribution is 0.150. The summed E-state index contributed by atoms with van der Waals surface area (Å²) in [4.78, 5) is 13.5. The average Bonchev–Trinajstić information content (AvgIpc) is 2.79. The molecule has 2 aromatic carbocycles. The predicted molar refractivity (Wildman–Crippen MR) is 142 cm³/mol. The molecular formula is C30H30O7. The van der Waals surface area contributed by atoms with Gasteiger partial charge < -0.3 is 29.2 Å². The Kier molecular flexibility index (Phi) is 5.82. The Morgan fingerprint density at radius 2 is 1.84 bits per heavy atom. The van der Waals surface area contributed by atoms with Crippen LogP contribution in [0.5, 0.6) is 28.7 Å². The Labute approximate surface area is 214 Å². The zero-order valence-corrected chi connectivity index (χ0v) is 21.5. The molecule has 7 heteroatoms. The van der Waals surface area contributed by atoms with Gasteiger partial charge in [-0.25, -0.2) is 0 Å². The minimum Gasteiger partial charge on any atom is -0.508 e. The van der Waals surface area contributed by atoms with Gasteiger partial charge in [0.25, 0.3) is 0 Å². The second-order valence-corrected chi connectivity index (χ2v) is 10.4. The third-order valence-electron chi connectivity index (χ3n) is 6.57. The van der Waals surface area contributed by atoms with Crippen molar-refractivity contribution >= 4 is 17.0 Å². The lowest BCUT2D eigenvalue weighted by Crippen LogP contribution is -2.28. The van der Waals surface area contributed by atoms with Gasteiger partial charge in [0.15, 0.2) is 17.3 Å². The molecule has 0 fully saturated rings. The van der Waals surface area contributed by atoms with Gasteiger partial charge in [-0.15, -0.1) is 0 Å². The molecule has 1 atom stereocenters. The number of hydrogen-bond donors (Lipinski definition) is 3. The van der Waals surface area contributed by atoms with Gasteiger partial charge >= 0.3 is 0 Å². The summed E-state index contributed by atoms with van der Waals surface area (Å²) in [6, 6.07) is 4.15. The second-order valence-electron chi connectivity index (χ2n) is 10.4. The Morgan fingerprint density at radius 1 is 1.08 bits per heavy atom. The number of hydrogen-bond acceptors (Lipinski definition) is 7. The SMILES string of the molecule is CC(C)=CCCC(C)=C[C@H]1Oc2c(oc3cc(O)cc(O)c3c2=O)-c2cc3c(c(O)c21)OC(C)(C)C=C3. The first-order valence-corrected chi connectivity index (χ1v) is 12.2. The van der Waals surface area contributed by atoms with E-state index in [2.05, 4.69) is 6.08 Å². The van der Waals surface area contributed by atoms with Gasteiger partial charge in [-0.1, -0.05) is 23.3 Å². The molecular weight excluding hydrogens is 472 g/mol. The van der Waals surface area contributed by atoms with Crippen LogP contribution in [0.2, 0.25) is 0 Å². The van der Waals surface area contributed by atoms with Crippen molar-refractivity contribution < 1.29 is 29.2 Å². The molecule has 0 saturated heterocycles. The first kappa shape index (κ1) is 24.6. The Bertz CT molecular complexity index is 1580. The predicted octanol–water partition coefficient (Wildman–Crippen LogP) is 6.89. The monoisotopic (exact) mass is 502 g/mol. The van der Waals surface area contributed by atoms with Crippen LogP contribution in [0.25, 0.3) is 28.4 Å². The number of rotatable bonds is 4. The molecule has 3 heterocycles. The summed E-state index contributed by atoms with van der Waals surface area (Å²) < 4.78 is 18.3. The van der Waals surface area contributed by atoms with E-state index in [9.17, 15) is 20.1 Å². The largest absolute Gasteiger partial charge is 0.508 e. The number of phenols is 3. The van der Waals surface area contributed by atoms with Crippen LogP contribution in [-0.4, -0.2) is 20.9 Å². The van der Waals surface area contributed by atoms with E-state index in [-0.39, 0.29) is 34.0 Å². The van der Waals surface area contributed by atoms with Crippen LogP contribution in [0.1, 0.15) is 64.7 Å². The minimum absolute atomic E-state index is 0.00725. The summed E-state index contributed by atoms with van der Waals surface area (Å²) in [5, 5.41) is 31.7. The van der Waals surface area contributed by atoms with Crippen molar-refractivity contribution in [1.82, 2.24) is 0 Å². The second kappa shape index (κ2) is 8.76. The molecule has 0 saturated carbocycles. The summed E-state index contributed by atoms with van der Waals surface area (Å²) in [5.41, 5.74) is 2.61. The van der Waals surface area contributed by atoms with Crippen molar-refractivity contribution in [2.75, 3.05) is 0 Å². The van der Waals surface area contributed by atoms with E-state index < -0.39 is 22.9 Å². The number of aromatic hydroxyl groups is 3. The van der Waals surface area contributed by atoms with E-state index in [1.165, 1.54) is 11.6 Å². The molecule has 2 aliphatic heterocycles. The molecule has 0 radical (unpaired) electrons. The molecule has 192 valence electrons. The summed E-state index contributed by atoms with van der Waals surface area (Å²) in [6.45, 7) is 9.86. The van der Waals surface area contributed by atoms with Crippen LogP contribution < -0.4 is 14.9 Å². The van der Waals surface area contributed by atoms with E-state index in [1.54, 1.807) is 6.07 Å². The van der Waals surface area contributed by atoms with Crippen molar-refractivity contribution in [1.29, 1.82) is 0 Å². The van der Waals surface area contributed by atoms with Crippen LogP contribution in [0.4, 0.5) is 0 Å². The fourth-order valence-electron chi connectivity index (χ4n) is 4.77. The first-order chi connectivity index (χ1) is 17.4. The summed E-state index contributed by atoms with van der Waals surface area (Å²) in [7, 11) is 0. The molecule has 3 aromatic rings. The van der Waals surface area contributed by atoms with E-state index in [0.29, 0.717) is 22.4 Å². The van der Waals surface area contributed by atoms with Gasteiger partial charge in [0.05, 0.1) is 5.56 Å². The number of phenolic OH excluding ortho intramolecular Hbond substituents is 3. The molecule has 7 nitrogen and oxygen atoms in total. The summed E-state index contributed by atoms with van der Waals surface area (Å²) in [6.07, 6.45) is 8.62. The van der Waals surface area contributed by atoms with Crippen molar-refractivity contribution in [3.8, 4) is 40.1 Å². The molecule has 3 N–H and O–H groups in total. The number of fused-ring (bicyclic) bond motifs is 5. The normalized spacial score (nSPS) is 17.3. The number of allylic oxidation sites excluding steroid dienone is 3. The molecule has 0 aliphatic carbocycles. The van der Waals surface area contributed by atoms with E-state index >= 15 is 0 Å². The van der Waals surface area contributed by atoms with E-state index in [4.69, 9.17) is 13.9 Å². The maximum atomic E-state index is 13.5. The van der Waals surface area contributed by atoms with Gasteiger partial charge in [-0.3, -0.25) is 4.79 Å². The van der Waals surface area contributed by atoms with Gasteiger partial charge in [0.2, 0.25) is 11.2 Å². The highest BCUT2D eigenvalue weighted by Crippen LogP contribution is 2.52. The molecule has 0 bridgehead atoms. The molecule has 5 rings (SSSR count). The van der Waals surface area contributed by atoms with Gasteiger partial charge in [-0.05, 0) is 65.7 Å². The van der Waals surface area contributed by atoms with E-state index in [0.717, 1.165) is 24.5 Å². The maximum absolute atomic E-state index is 13.5. The molecule has 37 heavy (non-hydrogen) atoms. The van der Waals surface area contributed by atoms with Crippen LogP contribution in [-0.2, 0) is 0 Å². The summed E-state index contributed by atoms with van der Waals surface area (Å²) >= 11 is 0. The Morgan fingerprint density at radius 3 is 2.57 bits per heavy atom. The minimum atomic E-state index is -0.795. The smallest absolute Gasteiger partial charge is 0.239 e. The highest BCUT2D eigenvalue weighted by molar-refractivity contribution is 5.90. The van der Waals surface area contributed by atoms with Crippen molar-refractivity contribution in [3.63, 3.8) is 0 Å². The zero-order valence-electron chi connectivity index (χ0n) is 21.5.